The summed E-state index contributed by atoms with van der Waals surface area (Å²) < 4.78 is 6.09. The first-order valence-corrected chi connectivity index (χ1v) is 5.48. The number of rotatable bonds is 5. The average molecular weight is 238 g/mol. The molecule has 5 heteroatoms. The summed E-state index contributed by atoms with van der Waals surface area (Å²) >= 11 is 0. The van der Waals surface area contributed by atoms with E-state index in [1.165, 1.54) is 17.7 Å². The van der Waals surface area contributed by atoms with Crippen LogP contribution in [-0.4, -0.2) is 43.2 Å². The first-order valence-electron chi connectivity index (χ1n) is 5.48. The van der Waals surface area contributed by atoms with Crippen LogP contribution in [-0.2, 0) is 11.3 Å². The minimum Gasteiger partial charge on any atom is -0.465 e. The highest BCUT2D eigenvalue weighted by Gasteiger charge is 2.11. The van der Waals surface area contributed by atoms with E-state index in [2.05, 4.69) is 9.64 Å². The van der Waals surface area contributed by atoms with E-state index in [1.54, 1.807) is 12.3 Å². The van der Waals surface area contributed by atoms with E-state index in [0.717, 1.165) is 13.0 Å². The average Bonchev–Trinajstić information content (AvgIpc) is 2.30. The number of pyridine rings is 1. The van der Waals surface area contributed by atoms with Gasteiger partial charge in [-0.05, 0) is 39.2 Å². The third-order valence-corrected chi connectivity index (χ3v) is 2.43. The topological polar surface area (TPSA) is 51.5 Å². The Balaban J connectivity index is 2.80. The molecule has 5 nitrogen and oxygen atoms in total. The Hall–Kier alpha value is -1.62. The van der Waals surface area contributed by atoms with E-state index in [0.29, 0.717) is 6.54 Å². The van der Waals surface area contributed by atoms with Gasteiger partial charge in [-0.25, -0.2) is 4.79 Å². The molecule has 0 aliphatic heterocycles. The summed E-state index contributed by atoms with van der Waals surface area (Å²) in [5, 5.41) is 0. The molecule has 0 amide bonds. The number of aryl methyl sites for hydroxylation is 1. The monoisotopic (exact) mass is 238 g/mol. The molecule has 0 radical (unpaired) electrons. The van der Waals surface area contributed by atoms with Crippen LogP contribution >= 0.6 is 0 Å². The van der Waals surface area contributed by atoms with Crippen molar-refractivity contribution >= 4 is 5.97 Å². The Kier molecular flexibility index (Phi) is 4.90. The molecule has 17 heavy (non-hydrogen) atoms. The van der Waals surface area contributed by atoms with Crippen LogP contribution in [0, 0.1) is 0 Å². The number of aromatic nitrogens is 1. The van der Waals surface area contributed by atoms with Crippen molar-refractivity contribution in [1.29, 1.82) is 0 Å². The van der Waals surface area contributed by atoms with Crippen LogP contribution in [0.1, 0.15) is 16.8 Å². The summed E-state index contributed by atoms with van der Waals surface area (Å²) in [7, 11) is 5.23. The molecule has 0 aliphatic carbocycles. The van der Waals surface area contributed by atoms with Gasteiger partial charge in [0.1, 0.15) is 5.56 Å². The summed E-state index contributed by atoms with van der Waals surface area (Å²) in [6.07, 6.45) is 2.54. The van der Waals surface area contributed by atoms with Gasteiger partial charge < -0.3 is 14.2 Å². The zero-order chi connectivity index (χ0) is 12.8. The van der Waals surface area contributed by atoms with Crippen molar-refractivity contribution in [3.63, 3.8) is 0 Å². The second kappa shape index (κ2) is 6.20. The first-order chi connectivity index (χ1) is 8.06. The van der Waals surface area contributed by atoms with Gasteiger partial charge in [0.2, 0.25) is 0 Å². The van der Waals surface area contributed by atoms with Gasteiger partial charge in [0.25, 0.3) is 5.56 Å². The fourth-order valence-electron chi connectivity index (χ4n) is 1.54. The van der Waals surface area contributed by atoms with Gasteiger partial charge in [0, 0.05) is 12.7 Å². The van der Waals surface area contributed by atoms with Gasteiger partial charge in [-0.1, -0.05) is 0 Å². The molecule has 94 valence electrons. The van der Waals surface area contributed by atoms with Gasteiger partial charge in [-0.15, -0.1) is 0 Å². The molecule has 1 rings (SSSR count). The zero-order valence-corrected chi connectivity index (χ0v) is 10.5. The van der Waals surface area contributed by atoms with Crippen molar-refractivity contribution < 1.29 is 9.53 Å². The molecule has 0 saturated carbocycles. The lowest BCUT2D eigenvalue weighted by molar-refractivity contribution is 0.0598. The van der Waals surface area contributed by atoms with E-state index in [9.17, 15) is 9.59 Å². The Bertz CT molecular complexity index is 438. The standard InChI is InChI=1S/C12H18N2O3/c1-13(2)7-5-9-14-8-4-6-10(11(14)15)12(16)17-3/h4,6,8H,5,7,9H2,1-3H3. The van der Waals surface area contributed by atoms with Crippen LogP contribution in [0.5, 0.6) is 0 Å². The zero-order valence-electron chi connectivity index (χ0n) is 10.5. The molecule has 0 aliphatic rings. The largest absolute Gasteiger partial charge is 0.465 e. The quantitative estimate of drug-likeness (QED) is 0.704. The van der Waals surface area contributed by atoms with Gasteiger partial charge in [0.15, 0.2) is 0 Å². The van der Waals surface area contributed by atoms with Crippen LogP contribution in [0.25, 0.3) is 0 Å². The summed E-state index contributed by atoms with van der Waals surface area (Å²) in [6.45, 7) is 1.50. The molecule has 0 N–H and O–H groups in total. The molecule has 1 aromatic heterocycles. The fourth-order valence-corrected chi connectivity index (χ4v) is 1.54. The van der Waals surface area contributed by atoms with Crippen molar-refractivity contribution in [2.45, 2.75) is 13.0 Å². The summed E-state index contributed by atoms with van der Waals surface area (Å²) in [6, 6.07) is 3.17. The Morgan fingerprint density at radius 2 is 2.18 bits per heavy atom. The van der Waals surface area contributed by atoms with E-state index in [1.807, 2.05) is 14.1 Å². The normalized spacial score (nSPS) is 10.6. The molecule has 0 aromatic carbocycles. The molecule has 0 unspecified atom stereocenters. The number of esters is 1. The fraction of sp³-hybridized carbons (Fsp3) is 0.500. The van der Waals surface area contributed by atoms with Crippen molar-refractivity contribution in [1.82, 2.24) is 9.47 Å². The second-order valence-electron chi connectivity index (χ2n) is 4.07. The van der Waals surface area contributed by atoms with E-state index in [-0.39, 0.29) is 11.1 Å². The van der Waals surface area contributed by atoms with Crippen LogP contribution in [0.2, 0.25) is 0 Å². The summed E-state index contributed by atoms with van der Waals surface area (Å²) in [5.41, 5.74) is -0.210. The van der Waals surface area contributed by atoms with Gasteiger partial charge in [0.05, 0.1) is 7.11 Å². The van der Waals surface area contributed by atoms with Gasteiger partial charge >= 0.3 is 5.97 Å². The maximum Gasteiger partial charge on any atom is 0.343 e. The second-order valence-corrected chi connectivity index (χ2v) is 4.07. The maximum atomic E-state index is 11.9. The molecule has 1 heterocycles. The smallest absolute Gasteiger partial charge is 0.343 e. The lowest BCUT2D eigenvalue weighted by atomic mass is 10.2. The maximum absolute atomic E-state index is 11.9. The minimum absolute atomic E-state index is 0.0832. The lowest BCUT2D eigenvalue weighted by Crippen LogP contribution is -2.27. The molecule has 0 atom stereocenters. The molecule has 0 bridgehead atoms. The van der Waals surface area contributed by atoms with Crippen molar-refractivity contribution in [3.05, 3.63) is 34.2 Å². The predicted molar refractivity (Wildman–Crippen MR) is 65.2 cm³/mol. The van der Waals surface area contributed by atoms with E-state index in [4.69, 9.17) is 0 Å². The number of carbonyl (C=O) groups excluding carboxylic acids is 1. The molecule has 0 spiro atoms. The number of methoxy groups -OCH3 is 1. The van der Waals surface area contributed by atoms with Crippen molar-refractivity contribution in [3.8, 4) is 0 Å². The molecule has 0 fully saturated rings. The number of hydrogen-bond donors (Lipinski definition) is 0. The van der Waals surface area contributed by atoms with Crippen molar-refractivity contribution in [2.75, 3.05) is 27.7 Å². The van der Waals surface area contributed by atoms with Gasteiger partial charge in [-0.3, -0.25) is 4.79 Å². The van der Waals surface area contributed by atoms with Crippen LogP contribution in [0.4, 0.5) is 0 Å². The Morgan fingerprint density at radius 1 is 1.47 bits per heavy atom. The third kappa shape index (κ3) is 3.71. The number of carbonyl (C=O) groups is 1. The number of nitrogens with zero attached hydrogens (tertiary/aromatic N) is 2. The van der Waals surface area contributed by atoms with E-state index >= 15 is 0 Å². The predicted octanol–water partition coefficient (Wildman–Crippen LogP) is 0.587. The molecular weight excluding hydrogens is 220 g/mol. The SMILES string of the molecule is COC(=O)c1cccn(CCCN(C)C)c1=O. The van der Waals surface area contributed by atoms with Gasteiger partial charge in [-0.2, -0.15) is 0 Å². The highest BCUT2D eigenvalue weighted by molar-refractivity contribution is 5.88. The first kappa shape index (κ1) is 13.4. The van der Waals surface area contributed by atoms with Crippen molar-refractivity contribution in [2.24, 2.45) is 0 Å². The Morgan fingerprint density at radius 3 is 2.76 bits per heavy atom. The molecule has 0 saturated heterocycles. The molecule has 1 aromatic rings. The molecular formula is C12H18N2O3. The van der Waals surface area contributed by atoms with Crippen LogP contribution in [0.15, 0.2) is 23.1 Å². The highest BCUT2D eigenvalue weighted by atomic mass is 16.5. The van der Waals surface area contributed by atoms with E-state index < -0.39 is 5.97 Å². The highest BCUT2D eigenvalue weighted by Crippen LogP contribution is 1.96. The lowest BCUT2D eigenvalue weighted by Gasteiger charge is -2.10. The number of hydrogen-bond acceptors (Lipinski definition) is 4. The minimum atomic E-state index is -0.586. The number of ether oxygens (including phenoxy) is 1. The third-order valence-electron chi connectivity index (χ3n) is 2.43. The van der Waals surface area contributed by atoms with Crippen LogP contribution < -0.4 is 5.56 Å². The summed E-state index contributed by atoms with van der Waals surface area (Å²) in [5.74, 6) is -0.586. The summed E-state index contributed by atoms with van der Waals surface area (Å²) in [4.78, 5) is 25.3. The Labute approximate surface area is 101 Å². The van der Waals surface area contributed by atoms with Crippen LogP contribution in [0.3, 0.4) is 0 Å².